The van der Waals surface area contributed by atoms with E-state index in [0.717, 1.165) is 11.4 Å². The van der Waals surface area contributed by atoms with Gasteiger partial charge in [-0.1, -0.05) is 0 Å². The van der Waals surface area contributed by atoms with E-state index in [1.165, 1.54) is 0 Å². The van der Waals surface area contributed by atoms with Crippen molar-refractivity contribution in [3.63, 3.8) is 0 Å². The second-order valence-corrected chi connectivity index (χ2v) is 2.80. The van der Waals surface area contributed by atoms with Crippen LogP contribution in [0.15, 0.2) is 31.0 Å². The van der Waals surface area contributed by atoms with Gasteiger partial charge in [0, 0.05) is 18.6 Å². The SMILES string of the molecule is Cc1nccc(-n2ccnc2)c1N. The Kier molecular flexibility index (Phi) is 1.73. The van der Waals surface area contributed by atoms with Crippen LogP contribution in [0.1, 0.15) is 5.69 Å². The zero-order chi connectivity index (χ0) is 9.26. The van der Waals surface area contributed by atoms with E-state index in [0.29, 0.717) is 5.69 Å². The van der Waals surface area contributed by atoms with Gasteiger partial charge >= 0.3 is 0 Å². The number of anilines is 1. The predicted molar refractivity (Wildman–Crippen MR) is 50.5 cm³/mol. The third-order valence-corrected chi connectivity index (χ3v) is 1.95. The van der Waals surface area contributed by atoms with Crippen LogP contribution in [0.25, 0.3) is 5.69 Å². The van der Waals surface area contributed by atoms with Crippen LogP contribution in [0.4, 0.5) is 5.69 Å². The number of rotatable bonds is 1. The Morgan fingerprint density at radius 3 is 2.92 bits per heavy atom. The summed E-state index contributed by atoms with van der Waals surface area (Å²) in [4.78, 5) is 8.05. The number of hydrogen-bond donors (Lipinski definition) is 1. The Balaban J connectivity index is 2.59. The first-order valence-corrected chi connectivity index (χ1v) is 3.98. The lowest BCUT2D eigenvalue weighted by Crippen LogP contribution is -2.00. The van der Waals surface area contributed by atoms with Gasteiger partial charge in [-0.15, -0.1) is 0 Å². The molecule has 0 radical (unpaired) electrons. The third kappa shape index (κ3) is 1.26. The van der Waals surface area contributed by atoms with Gasteiger partial charge in [0.1, 0.15) is 0 Å². The number of pyridine rings is 1. The third-order valence-electron chi connectivity index (χ3n) is 1.95. The summed E-state index contributed by atoms with van der Waals surface area (Å²) >= 11 is 0. The van der Waals surface area contributed by atoms with Crippen LogP contribution in [-0.4, -0.2) is 14.5 Å². The molecule has 66 valence electrons. The van der Waals surface area contributed by atoms with Gasteiger partial charge in [-0.05, 0) is 13.0 Å². The minimum Gasteiger partial charge on any atom is -0.396 e. The van der Waals surface area contributed by atoms with Gasteiger partial charge in [-0.25, -0.2) is 4.98 Å². The minimum atomic E-state index is 0.695. The van der Waals surface area contributed by atoms with Crippen LogP contribution in [0.2, 0.25) is 0 Å². The first-order chi connectivity index (χ1) is 6.29. The Morgan fingerprint density at radius 1 is 1.38 bits per heavy atom. The van der Waals surface area contributed by atoms with Crippen LogP contribution in [0, 0.1) is 6.92 Å². The molecule has 0 bridgehead atoms. The van der Waals surface area contributed by atoms with Crippen molar-refractivity contribution >= 4 is 5.69 Å². The van der Waals surface area contributed by atoms with E-state index in [4.69, 9.17) is 5.73 Å². The molecule has 4 heteroatoms. The monoisotopic (exact) mass is 174 g/mol. The first-order valence-electron chi connectivity index (χ1n) is 3.98. The lowest BCUT2D eigenvalue weighted by atomic mass is 10.3. The van der Waals surface area contributed by atoms with Gasteiger partial charge in [-0.2, -0.15) is 0 Å². The Morgan fingerprint density at radius 2 is 2.23 bits per heavy atom. The molecule has 13 heavy (non-hydrogen) atoms. The molecule has 2 heterocycles. The fourth-order valence-corrected chi connectivity index (χ4v) is 1.19. The number of nitrogen functional groups attached to an aromatic ring is 1. The summed E-state index contributed by atoms with van der Waals surface area (Å²) in [5, 5.41) is 0. The average molecular weight is 174 g/mol. The van der Waals surface area contributed by atoms with Crippen LogP contribution >= 0.6 is 0 Å². The molecule has 2 aromatic rings. The second kappa shape index (κ2) is 2.90. The topological polar surface area (TPSA) is 56.7 Å². The highest BCUT2D eigenvalue weighted by molar-refractivity contribution is 5.59. The van der Waals surface area contributed by atoms with Gasteiger partial charge in [0.2, 0.25) is 0 Å². The molecular formula is C9H10N4. The molecule has 0 saturated heterocycles. The lowest BCUT2D eigenvalue weighted by molar-refractivity contribution is 1.04. The number of nitrogens with two attached hydrogens (primary N) is 1. The molecule has 0 aromatic carbocycles. The summed E-state index contributed by atoms with van der Waals surface area (Å²) in [5.74, 6) is 0. The van der Waals surface area contributed by atoms with Crippen molar-refractivity contribution < 1.29 is 0 Å². The normalized spacial score (nSPS) is 10.2. The highest BCUT2D eigenvalue weighted by atomic mass is 15.0. The molecule has 2 aromatic heterocycles. The van der Waals surface area contributed by atoms with Crippen molar-refractivity contribution in [1.29, 1.82) is 0 Å². The Bertz CT molecular complexity index is 406. The van der Waals surface area contributed by atoms with E-state index in [-0.39, 0.29) is 0 Å². The van der Waals surface area contributed by atoms with E-state index >= 15 is 0 Å². The zero-order valence-corrected chi connectivity index (χ0v) is 7.31. The molecule has 0 aliphatic rings. The molecule has 2 N–H and O–H groups in total. The molecule has 0 saturated carbocycles. The Hall–Kier alpha value is -1.84. The molecule has 0 amide bonds. The maximum Gasteiger partial charge on any atom is 0.0992 e. The van der Waals surface area contributed by atoms with Crippen molar-refractivity contribution in [3.8, 4) is 5.69 Å². The van der Waals surface area contributed by atoms with Crippen molar-refractivity contribution in [2.24, 2.45) is 0 Å². The molecule has 0 atom stereocenters. The fourth-order valence-electron chi connectivity index (χ4n) is 1.19. The number of nitrogens with zero attached hydrogens (tertiary/aromatic N) is 3. The van der Waals surface area contributed by atoms with E-state index in [2.05, 4.69) is 9.97 Å². The van der Waals surface area contributed by atoms with Crippen LogP contribution in [-0.2, 0) is 0 Å². The average Bonchev–Trinajstić information content (AvgIpc) is 2.62. The first kappa shape index (κ1) is 7.79. The van der Waals surface area contributed by atoms with Crippen LogP contribution in [0.5, 0.6) is 0 Å². The molecule has 0 spiro atoms. The molecular weight excluding hydrogens is 164 g/mol. The van der Waals surface area contributed by atoms with Gasteiger partial charge in [0.25, 0.3) is 0 Å². The zero-order valence-electron chi connectivity index (χ0n) is 7.31. The molecule has 0 aliphatic heterocycles. The summed E-state index contributed by atoms with van der Waals surface area (Å²) in [5.41, 5.74) is 8.32. The number of hydrogen-bond acceptors (Lipinski definition) is 3. The highest BCUT2D eigenvalue weighted by Crippen LogP contribution is 2.17. The number of imidazole rings is 1. The quantitative estimate of drug-likeness (QED) is 0.705. The van der Waals surface area contributed by atoms with Gasteiger partial charge < -0.3 is 10.3 Å². The Labute approximate surface area is 76.1 Å². The summed E-state index contributed by atoms with van der Waals surface area (Å²) in [6, 6.07) is 1.87. The van der Waals surface area contributed by atoms with Crippen molar-refractivity contribution in [3.05, 3.63) is 36.7 Å². The van der Waals surface area contributed by atoms with Crippen molar-refractivity contribution in [2.75, 3.05) is 5.73 Å². The van der Waals surface area contributed by atoms with Gasteiger partial charge in [-0.3, -0.25) is 4.98 Å². The summed E-state index contributed by atoms with van der Waals surface area (Å²) < 4.78 is 1.87. The minimum absolute atomic E-state index is 0.695. The summed E-state index contributed by atoms with van der Waals surface area (Å²) in [6.45, 7) is 1.88. The van der Waals surface area contributed by atoms with E-state index < -0.39 is 0 Å². The molecule has 0 aliphatic carbocycles. The number of aryl methyl sites for hydroxylation is 1. The van der Waals surface area contributed by atoms with Crippen LogP contribution in [0.3, 0.4) is 0 Å². The molecule has 2 rings (SSSR count). The van der Waals surface area contributed by atoms with E-state index in [9.17, 15) is 0 Å². The van der Waals surface area contributed by atoms with Gasteiger partial charge in [0.05, 0.1) is 23.4 Å². The predicted octanol–water partition coefficient (Wildman–Crippen LogP) is 1.16. The van der Waals surface area contributed by atoms with Crippen molar-refractivity contribution in [2.45, 2.75) is 6.92 Å². The molecule has 0 fully saturated rings. The smallest absolute Gasteiger partial charge is 0.0992 e. The van der Waals surface area contributed by atoms with E-state index in [1.807, 2.05) is 23.8 Å². The second-order valence-electron chi connectivity index (χ2n) is 2.80. The standard InChI is InChI=1S/C9H10N4/c1-7-9(10)8(2-3-12-7)13-5-4-11-6-13/h2-6H,10H2,1H3. The van der Waals surface area contributed by atoms with Crippen LogP contribution < -0.4 is 5.73 Å². The van der Waals surface area contributed by atoms with E-state index in [1.54, 1.807) is 18.7 Å². The largest absolute Gasteiger partial charge is 0.396 e. The summed E-state index contributed by atoms with van der Waals surface area (Å²) in [7, 11) is 0. The fraction of sp³-hybridized carbons (Fsp3) is 0.111. The maximum absolute atomic E-state index is 5.86. The summed E-state index contributed by atoms with van der Waals surface area (Å²) in [6.07, 6.45) is 7.02. The van der Waals surface area contributed by atoms with Gasteiger partial charge in [0.15, 0.2) is 0 Å². The molecule has 0 unspecified atom stereocenters. The van der Waals surface area contributed by atoms with Crippen molar-refractivity contribution in [1.82, 2.24) is 14.5 Å². The number of aromatic nitrogens is 3. The maximum atomic E-state index is 5.86. The lowest BCUT2D eigenvalue weighted by Gasteiger charge is -2.07. The molecule has 4 nitrogen and oxygen atoms in total. The highest BCUT2D eigenvalue weighted by Gasteiger charge is 2.02.